The minimum atomic E-state index is -0.774. The van der Waals surface area contributed by atoms with Gasteiger partial charge in [0, 0.05) is 6.42 Å². The second kappa shape index (κ2) is 8.47. The molecular formula is C18H23NO5. The Bertz CT molecular complexity index is 586. The third-order valence-electron chi connectivity index (χ3n) is 4.17. The summed E-state index contributed by atoms with van der Waals surface area (Å²) in [5.74, 6) is -1.18. The zero-order valence-electron chi connectivity index (χ0n) is 14.1. The first-order valence-corrected chi connectivity index (χ1v) is 8.18. The first kappa shape index (κ1) is 18.0. The fourth-order valence-corrected chi connectivity index (χ4v) is 3.02. The fourth-order valence-electron chi connectivity index (χ4n) is 3.02. The number of benzene rings is 1. The van der Waals surface area contributed by atoms with Gasteiger partial charge >= 0.3 is 11.9 Å². The summed E-state index contributed by atoms with van der Waals surface area (Å²) >= 11 is 0. The fraction of sp³-hybridized carbons (Fsp3) is 0.500. The number of amides is 1. The molecule has 6 heteroatoms. The molecule has 2 rings (SSSR count). The Morgan fingerprint density at radius 1 is 1.29 bits per heavy atom. The molecule has 2 atom stereocenters. The van der Waals surface area contributed by atoms with Crippen molar-refractivity contribution in [1.82, 2.24) is 4.90 Å². The number of carbonyl (C=O) groups excluding carboxylic acids is 3. The van der Waals surface area contributed by atoms with Crippen molar-refractivity contribution >= 4 is 17.8 Å². The summed E-state index contributed by atoms with van der Waals surface area (Å²) in [4.78, 5) is 38.0. The number of likely N-dealkylation sites (tertiary alicyclic amines) is 1. The summed E-state index contributed by atoms with van der Waals surface area (Å²) in [5, 5.41) is 0. The van der Waals surface area contributed by atoms with Crippen LogP contribution in [-0.2, 0) is 30.3 Å². The molecule has 130 valence electrons. The van der Waals surface area contributed by atoms with Gasteiger partial charge in [-0.3, -0.25) is 4.79 Å². The first-order valence-electron chi connectivity index (χ1n) is 8.18. The van der Waals surface area contributed by atoms with Crippen LogP contribution in [0.4, 0.5) is 0 Å². The van der Waals surface area contributed by atoms with Crippen LogP contribution in [0.25, 0.3) is 0 Å². The van der Waals surface area contributed by atoms with Gasteiger partial charge in [0.2, 0.25) is 5.91 Å². The van der Waals surface area contributed by atoms with Crippen LogP contribution >= 0.6 is 0 Å². The number of carbonyl (C=O) groups is 3. The van der Waals surface area contributed by atoms with Gasteiger partial charge in [0.1, 0.15) is 12.1 Å². The molecular weight excluding hydrogens is 310 g/mol. The summed E-state index contributed by atoms with van der Waals surface area (Å²) in [5.41, 5.74) is 1.06. The minimum Gasteiger partial charge on any atom is -0.467 e. The van der Waals surface area contributed by atoms with Crippen molar-refractivity contribution in [3.05, 3.63) is 35.9 Å². The molecule has 2 unspecified atom stereocenters. The minimum absolute atomic E-state index is 0.212. The predicted molar refractivity (Wildman–Crippen MR) is 87.1 cm³/mol. The molecule has 1 saturated heterocycles. The van der Waals surface area contributed by atoms with E-state index in [0.717, 1.165) is 5.56 Å². The molecule has 24 heavy (non-hydrogen) atoms. The van der Waals surface area contributed by atoms with Crippen molar-refractivity contribution in [3.63, 3.8) is 0 Å². The van der Waals surface area contributed by atoms with Crippen LogP contribution in [0.15, 0.2) is 30.3 Å². The monoisotopic (exact) mass is 333 g/mol. The largest absolute Gasteiger partial charge is 0.467 e. The predicted octanol–water partition coefficient (Wildman–Crippen LogP) is 1.71. The average molecular weight is 333 g/mol. The third kappa shape index (κ3) is 4.13. The van der Waals surface area contributed by atoms with E-state index >= 15 is 0 Å². The zero-order chi connectivity index (χ0) is 17.5. The number of rotatable bonds is 7. The van der Waals surface area contributed by atoms with Crippen LogP contribution in [-0.4, -0.2) is 48.5 Å². The second-order valence-electron chi connectivity index (χ2n) is 5.67. The van der Waals surface area contributed by atoms with Crippen molar-refractivity contribution in [3.8, 4) is 0 Å². The van der Waals surface area contributed by atoms with Crippen LogP contribution < -0.4 is 0 Å². The molecule has 1 aromatic rings. The molecule has 0 spiro atoms. The lowest BCUT2D eigenvalue weighted by molar-refractivity contribution is -0.159. The normalized spacial score (nSPS) is 18.3. The number of hydrogen-bond acceptors (Lipinski definition) is 5. The molecule has 0 N–H and O–H groups in total. The lowest BCUT2D eigenvalue weighted by atomic mass is 10.0. The maximum atomic E-state index is 12.4. The van der Waals surface area contributed by atoms with E-state index in [1.807, 2.05) is 30.3 Å². The maximum absolute atomic E-state index is 12.4. The molecule has 0 aromatic heterocycles. The smallest absolute Gasteiger partial charge is 0.328 e. The Morgan fingerprint density at radius 2 is 2.00 bits per heavy atom. The van der Waals surface area contributed by atoms with E-state index in [9.17, 15) is 14.4 Å². The molecule has 1 aliphatic rings. The molecule has 6 nitrogen and oxygen atoms in total. The van der Waals surface area contributed by atoms with Gasteiger partial charge in [-0.2, -0.15) is 0 Å². The van der Waals surface area contributed by atoms with Gasteiger partial charge in [0.15, 0.2) is 0 Å². The summed E-state index contributed by atoms with van der Waals surface area (Å²) in [6.45, 7) is 1.95. The quantitative estimate of drug-likeness (QED) is 0.710. The zero-order valence-corrected chi connectivity index (χ0v) is 14.1. The number of ether oxygens (including phenoxy) is 2. The standard InChI is InChI=1S/C18H23NO5/c1-3-24-18(22)15(10-9-13-7-5-4-6-8-13)19-14(17(21)23-2)11-12-16(19)20/h4-8,14-15H,3,9-12H2,1-2H3. The third-order valence-corrected chi connectivity index (χ3v) is 4.17. The Balaban J connectivity index is 2.19. The van der Waals surface area contributed by atoms with Gasteiger partial charge in [-0.15, -0.1) is 0 Å². The van der Waals surface area contributed by atoms with Gasteiger partial charge in [-0.1, -0.05) is 30.3 Å². The molecule has 1 amide bonds. The van der Waals surface area contributed by atoms with E-state index in [4.69, 9.17) is 9.47 Å². The van der Waals surface area contributed by atoms with E-state index in [2.05, 4.69) is 0 Å². The topological polar surface area (TPSA) is 72.9 Å². The lowest BCUT2D eigenvalue weighted by Crippen LogP contribution is -2.50. The van der Waals surface area contributed by atoms with Crippen LogP contribution in [0.5, 0.6) is 0 Å². The number of hydrogen-bond donors (Lipinski definition) is 0. The van der Waals surface area contributed by atoms with Crippen molar-refractivity contribution in [2.75, 3.05) is 13.7 Å². The van der Waals surface area contributed by atoms with E-state index in [1.54, 1.807) is 6.92 Å². The highest BCUT2D eigenvalue weighted by Gasteiger charge is 2.43. The van der Waals surface area contributed by atoms with Crippen LogP contribution in [0, 0.1) is 0 Å². The summed E-state index contributed by atoms with van der Waals surface area (Å²) in [7, 11) is 1.28. The van der Waals surface area contributed by atoms with Crippen molar-refractivity contribution < 1.29 is 23.9 Å². The Morgan fingerprint density at radius 3 is 2.62 bits per heavy atom. The van der Waals surface area contributed by atoms with Crippen LogP contribution in [0.1, 0.15) is 31.7 Å². The molecule has 0 radical (unpaired) electrons. The molecule has 1 heterocycles. The SMILES string of the molecule is CCOC(=O)C(CCc1ccccc1)N1C(=O)CCC1C(=O)OC. The first-order chi connectivity index (χ1) is 11.6. The van der Waals surface area contributed by atoms with E-state index in [-0.39, 0.29) is 18.9 Å². The van der Waals surface area contributed by atoms with Crippen molar-refractivity contribution in [1.29, 1.82) is 0 Å². The molecule has 1 fully saturated rings. The maximum Gasteiger partial charge on any atom is 0.328 e. The second-order valence-corrected chi connectivity index (χ2v) is 5.67. The van der Waals surface area contributed by atoms with Gasteiger partial charge in [0.25, 0.3) is 0 Å². The van der Waals surface area contributed by atoms with Gasteiger partial charge in [-0.05, 0) is 31.7 Å². The highest BCUT2D eigenvalue weighted by Crippen LogP contribution is 2.25. The van der Waals surface area contributed by atoms with E-state index < -0.39 is 24.0 Å². The molecule has 0 aliphatic carbocycles. The number of methoxy groups -OCH3 is 1. The Kier molecular flexibility index (Phi) is 6.35. The van der Waals surface area contributed by atoms with Crippen molar-refractivity contribution in [2.45, 2.75) is 44.7 Å². The lowest BCUT2D eigenvalue weighted by Gasteiger charge is -2.30. The number of esters is 2. The number of nitrogens with zero attached hydrogens (tertiary/aromatic N) is 1. The number of aryl methyl sites for hydroxylation is 1. The van der Waals surface area contributed by atoms with Gasteiger partial charge in [-0.25, -0.2) is 9.59 Å². The average Bonchev–Trinajstić information content (AvgIpc) is 2.97. The summed E-state index contributed by atoms with van der Waals surface area (Å²) in [6, 6.07) is 8.21. The Hall–Kier alpha value is -2.37. The Labute approximate surface area is 141 Å². The van der Waals surface area contributed by atoms with Crippen LogP contribution in [0.2, 0.25) is 0 Å². The molecule has 1 aliphatic heterocycles. The van der Waals surface area contributed by atoms with Crippen LogP contribution in [0.3, 0.4) is 0 Å². The van der Waals surface area contributed by atoms with E-state index in [0.29, 0.717) is 19.3 Å². The highest BCUT2D eigenvalue weighted by atomic mass is 16.5. The summed E-state index contributed by atoms with van der Waals surface area (Å²) < 4.78 is 9.91. The van der Waals surface area contributed by atoms with Gasteiger partial charge in [0.05, 0.1) is 13.7 Å². The van der Waals surface area contributed by atoms with E-state index in [1.165, 1.54) is 12.0 Å². The molecule has 0 saturated carbocycles. The van der Waals surface area contributed by atoms with Crippen molar-refractivity contribution in [2.24, 2.45) is 0 Å². The molecule has 0 bridgehead atoms. The van der Waals surface area contributed by atoms with Gasteiger partial charge < -0.3 is 14.4 Å². The summed E-state index contributed by atoms with van der Waals surface area (Å²) in [6.07, 6.45) is 1.62. The highest BCUT2D eigenvalue weighted by molar-refractivity contribution is 5.92. The molecule has 1 aromatic carbocycles.